The lowest BCUT2D eigenvalue weighted by molar-refractivity contribution is 0.0912. The van der Waals surface area contributed by atoms with E-state index < -0.39 is 0 Å². The van der Waals surface area contributed by atoms with E-state index in [1.165, 1.54) is 0 Å². The maximum Gasteiger partial charge on any atom is 0.273 e. The molecule has 0 unspecified atom stereocenters. The molecule has 1 amide bonds. The van der Waals surface area contributed by atoms with Gasteiger partial charge in [-0.25, -0.2) is 4.68 Å². The van der Waals surface area contributed by atoms with E-state index in [9.17, 15) is 9.59 Å². The summed E-state index contributed by atoms with van der Waals surface area (Å²) in [7, 11) is 0. The normalized spacial score (nSPS) is 21.3. The first kappa shape index (κ1) is 18.7. The first-order chi connectivity index (χ1) is 14.7. The van der Waals surface area contributed by atoms with Crippen LogP contribution in [0, 0.1) is 0 Å². The molecule has 5 rings (SSSR count). The fraction of sp³-hybridized carbons (Fsp3) is 0.409. The SMILES string of the molecule is O=C(NC1CCC(n2nc(-c3ccncc3)ccc2=O)CC1)c1cc(C2CC2)on1. The van der Waals surface area contributed by atoms with Crippen molar-refractivity contribution < 1.29 is 9.32 Å². The quantitative estimate of drug-likeness (QED) is 0.700. The van der Waals surface area contributed by atoms with Crippen LogP contribution >= 0.6 is 0 Å². The summed E-state index contributed by atoms with van der Waals surface area (Å²) in [5.74, 6) is 1.05. The van der Waals surface area contributed by atoms with Crippen molar-refractivity contribution >= 4 is 5.91 Å². The van der Waals surface area contributed by atoms with E-state index in [1.807, 2.05) is 12.1 Å². The van der Waals surface area contributed by atoms with Gasteiger partial charge in [-0.3, -0.25) is 14.6 Å². The second-order valence-electron chi connectivity index (χ2n) is 8.10. The highest BCUT2D eigenvalue weighted by atomic mass is 16.5. The van der Waals surface area contributed by atoms with Gasteiger partial charge in [-0.05, 0) is 56.7 Å². The lowest BCUT2D eigenvalue weighted by atomic mass is 9.91. The number of pyridine rings is 1. The summed E-state index contributed by atoms with van der Waals surface area (Å²) >= 11 is 0. The second kappa shape index (κ2) is 7.85. The van der Waals surface area contributed by atoms with Gasteiger partial charge in [0.15, 0.2) is 5.69 Å². The van der Waals surface area contributed by atoms with Gasteiger partial charge in [0.05, 0.1) is 11.7 Å². The molecule has 3 aromatic heterocycles. The average Bonchev–Trinajstić information content (AvgIpc) is 3.51. The van der Waals surface area contributed by atoms with Crippen molar-refractivity contribution in [2.45, 2.75) is 56.5 Å². The van der Waals surface area contributed by atoms with Crippen LogP contribution in [0.1, 0.15) is 66.7 Å². The van der Waals surface area contributed by atoms with Crippen LogP contribution in [0.4, 0.5) is 0 Å². The minimum Gasteiger partial charge on any atom is -0.360 e. The summed E-state index contributed by atoms with van der Waals surface area (Å²) in [6.07, 6.45) is 8.78. The average molecular weight is 405 g/mol. The number of carbonyl (C=O) groups excluding carboxylic acids is 1. The molecule has 2 aliphatic carbocycles. The number of nitrogens with zero attached hydrogens (tertiary/aromatic N) is 4. The van der Waals surface area contributed by atoms with Crippen molar-refractivity contribution in [3.63, 3.8) is 0 Å². The minimum atomic E-state index is -0.191. The Balaban J connectivity index is 1.22. The first-order valence-electron chi connectivity index (χ1n) is 10.4. The Morgan fingerprint density at radius 2 is 1.80 bits per heavy atom. The largest absolute Gasteiger partial charge is 0.360 e. The molecule has 2 saturated carbocycles. The maximum atomic E-state index is 12.5. The van der Waals surface area contributed by atoms with Crippen molar-refractivity contribution in [2.24, 2.45) is 0 Å². The molecule has 0 atom stereocenters. The van der Waals surface area contributed by atoms with E-state index in [1.54, 1.807) is 35.3 Å². The van der Waals surface area contributed by atoms with Crippen LogP contribution in [0.5, 0.6) is 0 Å². The maximum absolute atomic E-state index is 12.5. The molecule has 2 fully saturated rings. The number of nitrogens with one attached hydrogen (secondary N) is 1. The lowest BCUT2D eigenvalue weighted by Crippen LogP contribution is -2.39. The van der Waals surface area contributed by atoms with Gasteiger partial charge in [0.1, 0.15) is 5.76 Å². The molecule has 2 aliphatic rings. The van der Waals surface area contributed by atoms with Crippen LogP contribution in [0.25, 0.3) is 11.3 Å². The van der Waals surface area contributed by atoms with Crippen LogP contribution in [0.2, 0.25) is 0 Å². The summed E-state index contributed by atoms with van der Waals surface area (Å²) in [5, 5.41) is 11.6. The Labute approximate surface area is 173 Å². The molecule has 1 N–H and O–H groups in total. The van der Waals surface area contributed by atoms with E-state index >= 15 is 0 Å². The summed E-state index contributed by atoms with van der Waals surface area (Å²) in [5.41, 5.74) is 1.93. The van der Waals surface area contributed by atoms with Crippen LogP contribution in [-0.4, -0.2) is 31.9 Å². The number of rotatable bonds is 5. The van der Waals surface area contributed by atoms with Crippen molar-refractivity contribution in [3.05, 3.63) is 64.5 Å². The number of hydrogen-bond donors (Lipinski definition) is 1. The standard InChI is InChI=1S/C22H23N5O3/c28-21-8-7-18(14-9-11-23-12-10-14)25-27(21)17-5-3-16(4-6-17)24-22(29)19-13-20(30-26-19)15-1-2-15/h7-13,15-17H,1-6H2,(H,24,29). The highest BCUT2D eigenvalue weighted by Gasteiger charge is 2.30. The third-order valence-electron chi connectivity index (χ3n) is 5.92. The molecule has 3 aromatic rings. The Morgan fingerprint density at radius 1 is 1.03 bits per heavy atom. The molecular formula is C22H23N5O3. The summed E-state index contributed by atoms with van der Waals surface area (Å²) in [6, 6.07) is 8.92. The summed E-state index contributed by atoms with van der Waals surface area (Å²) in [4.78, 5) is 28.9. The topological polar surface area (TPSA) is 103 Å². The smallest absolute Gasteiger partial charge is 0.273 e. The van der Waals surface area contributed by atoms with Crippen LogP contribution in [-0.2, 0) is 0 Å². The third-order valence-corrected chi connectivity index (χ3v) is 5.92. The van der Waals surface area contributed by atoms with E-state index in [4.69, 9.17) is 4.52 Å². The fourth-order valence-electron chi connectivity index (χ4n) is 4.04. The molecule has 0 spiro atoms. The van der Waals surface area contributed by atoms with E-state index in [2.05, 4.69) is 20.6 Å². The van der Waals surface area contributed by atoms with Crippen LogP contribution < -0.4 is 10.9 Å². The summed E-state index contributed by atoms with van der Waals surface area (Å²) < 4.78 is 6.86. The molecule has 8 heteroatoms. The van der Waals surface area contributed by atoms with Gasteiger partial charge < -0.3 is 9.84 Å². The number of carbonyl (C=O) groups is 1. The van der Waals surface area contributed by atoms with Gasteiger partial charge in [0.25, 0.3) is 11.5 Å². The molecule has 0 aromatic carbocycles. The summed E-state index contributed by atoms with van der Waals surface area (Å²) in [6.45, 7) is 0. The molecule has 154 valence electrons. The molecule has 0 aliphatic heterocycles. The zero-order valence-electron chi connectivity index (χ0n) is 16.5. The van der Waals surface area contributed by atoms with Crippen molar-refractivity contribution in [1.29, 1.82) is 0 Å². The lowest BCUT2D eigenvalue weighted by Gasteiger charge is -2.29. The zero-order valence-corrected chi connectivity index (χ0v) is 16.5. The molecule has 8 nitrogen and oxygen atoms in total. The highest BCUT2D eigenvalue weighted by molar-refractivity contribution is 5.92. The number of aromatic nitrogens is 4. The van der Waals surface area contributed by atoms with Gasteiger partial charge in [0, 0.05) is 42.0 Å². The third kappa shape index (κ3) is 3.90. The molecule has 0 radical (unpaired) electrons. The molecule has 30 heavy (non-hydrogen) atoms. The molecule has 0 bridgehead atoms. The Hall–Kier alpha value is -3.29. The second-order valence-corrected chi connectivity index (χ2v) is 8.10. The van der Waals surface area contributed by atoms with Crippen LogP contribution in [0.15, 0.2) is 52.0 Å². The predicted octanol–water partition coefficient (Wildman–Crippen LogP) is 3.08. The van der Waals surface area contributed by atoms with E-state index in [0.717, 1.165) is 55.5 Å². The monoisotopic (exact) mass is 405 g/mol. The molecule has 3 heterocycles. The van der Waals surface area contributed by atoms with E-state index in [-0.39, 0.29) is 23.6 Å². The Morgan fingerprint density at radius 3 is 2.53 bits per heavy atom. The molecule has 0 saturated heterocycles. The van der Waals surface area contributed by atoms with Crippen molar-refractivity contribution in [2.75, 3.05) is 0 Å². The van der Waals surface area contributed by atoms with Gasteiger partial charge in [-0.15, -0.1) is 0 Å². The Bertz CT molecular complexity index is 1100. The zero-order chi connectivity index (χ0) is 20.5. The Kier molecular flexibility index (Phi) is 4.90. The first-order valence-corrected chi connectivity index (χ1v) is 10.4. The van der Waals surface area contributed by atoms with Gasteiger partial charge in [-0.2, -0.15) is 5.10 Å². The fourth-order valence-corrected chi connectivity index (χ4v) is 4.04. The van der Waals surface area contributed by atoms with E-state index in [0.29, 0.717) is 11.6 Å². The predicted molar refractivity (Wildman–Crippen MR) is 109 cm³/mol. The highest BCUT2D eigenvalue weighted by Crippen LogP contribution is 2.40. The minimum absolute atomic E-state index is 0.0287. The molecular weight excluding hydrogens is 382 g/mol. The number of hydrogen-bond acceptors (Lipinski definition) is 6. The van der Waals surface area contributed by atoms with Crippen molar-refractivity contribution in [1.82, 2.24) is 25.2 Å². The van der Waals surface area contributed by atoms with Gasteiger partial charge in [0.2, 0.25) is 0 Å². The van der Waals surface area contributed by atoms with Crippen LogP contribution in [0.3, 0.4) is 0 Å². The van der Waals surface area contributed by atoms with Gasteiger partial charge in [-0.1, -0.05) is 5.16 Å². The van der Waals surface area contributed by atoms with Gasteiger partial charge >= 0.3 is 0 Å². The van der Waals surface area contributed by atoms with Crippen molar-refractivity contribution in [3.8, 4) is 11.3 Å². The number of amides is 1.